The second kappa shape index (κ2) is 5.15. The Labute approximate surface area is 122 Å². The van der Waals surface area contributed by atoms with Crippen LogP contribution >= 0.6 is 27.5 Å². The van der Waals surface area contributed by atoms with Crippen molar-refractivity contribution >= 4 is 27.5 Å². The number of halogens is 2. The van der Waals surface area contributed by atoms with Crippen LogP contribution in [-0.2, 0) is 0 Å². The Morgan fingerprint density at radius 1 is 1.33 bits per heavy atom. The molecular weight excluding hydrogens is 312 g/mol. The largest absolute Gasteiger partial charge is 0.388 e. The SMILES string of the molecule is OC(CC1CC2CCC1C2)c1cccc(Br)c1Cl. The van der Waals surface area contributed by atoms with E-state index in [1.807, 2.05) is 18.2 Å². The van der Waals surface area contributed by atoms with E-state index in [9.17, 15) is 5.11 Å². The third-order valence-corrected chi connectivity index (χ3v) is 6.06. The first-order chi connectivity index (χ1) is 8.65. The molecule has 2 fully saturated rings. The van der Waals surface area contributed by atoms with Gasteiger partial charge in [0.1, 0.15) is 0 Å². The quantitative estimate of drug-likeness (QED) is 0.830. The fourth-order valence-corrected chi connectivity index (χ4v) is 4.49. The van der Waals surface area contributed by atoms with E-state index in [2.05, 4.69) is 15.9 Å². The van der Waals surface area contributed by atoms with Crippen LogP contribution in [0.4, 0.5) is 0 Å². The van der Waals surface area contributed by atoms with Gasteiger partial charge in [-0.15, -0.1) is 0 Å². The molecule has 98 valence electrons. The lowest BCUT2D eigenvalue weighted by atomic mass is 9.83. The van der Waals surface area contributed by atoms with Crippen molar-refractivity contribution in [1.82, 2.24) is 0 Å². The molecule has 4 atom stereocenters. The van der Waals surface area contributed by atoms with Crippen LogP contribution in [-0.4, -0.2) is 5.11 Å². The first-order valence-corrected chi connectivity index (χ1v) is 7.94. The Morgan fingerprint density at radius 2 is 2.17 bits per heavy atom. The van der Waals surface area contributed by atoms with Crippen molar-refractivity contribution in [2.45, 2.75) is 38.2 Å². The lowest BCUT2D eigenvalue weighted by molar-refractivity contribution is 0.125. The Balaban J connectivity index is 1.71. The molecule has 0 radical (unpaired) electrons. The predicted molar refractivity (Wildman–Crippen MR) is 77.7 cm³/mol. The van der Waals surface area contributed by atoms with Gasteiger partial charge in [-0.25, -0.2) is 0 Å². The van der Waals surface area contributed by atoms with E-state index in [1.54, 1.807) is 0 Å². The normalized spacial score (nSPS) is 31.8. The molecule has 0 heterocycles. The van der Waals surface area contributed by atoms with Gasteiger partial charge in [0.15, 0.2) is 0 Å². The van der Waals surface area contributed by atoms with Crippen molar-refractivity contribution < 1.29 is 5.11 Å². The zero-order valence-corrected chi connectivity index (χ0v) is 12.6. The summed E-state index contributed by atoms with van der Waals surface area (Å²) in [5.74, 6) is 2.49. The van der Waals surface area contributed by atoms with Gasteiger partial charge in [-0.3, -0.25) is 0 Å². The lowest BCUT2D eigenvalue weighted by Gasteiger charge is -2.24. The molecule has 18 heavy (non-hydrogen) atoms. The first kappa shape index (κ1) is 13.0. The van der Waals surface area contributed by atoms with Gasteiger partial charge in [0.2, 0.25) is 0 Å². The minimum atomic E-state index is -0.417. The highest BCUT2D eigenvalue weighted by molar-refractivity contribution is 9.10. The highest BCUT2D eigenvalue weighted by atomic mass is 79.9. The van der Waals surface area contributed by atoms with Gasteiger partial charge >= 0.3 is 0 Å². The topological polar surface area (TPSA) is 20.2 Å². The van der Waals surface area contributed by atoms with Crippen LogP contribution in [0.5, 0.6) is 0 Å². The molecule has 0 aromatic heterocycles. The van der Waals surface area contributed by atoms with Crippen molar-refractivity contribution in [2.24, 2.45) is 17.8 Å². The van der Waals surface area contributed by atoms with Crippen LogP contribution in [0.1, 0.15) is 43.8 Å². The smallest absolute Gasteiger partial charge is 0.0807 e. The summed E-state index contributed by atoms with van der Waals surface area (Å²) in [5, 5.41) is 11.1. The minimum absolute atomic E-state index is 0.417. The fraction of sp³-hybridized carbons (Fsp3) is 0.600. The fourth-order valence-electron chi connectivity index (χ4n) is 3.86. The molecule has 0 amide bonds. The van der Waals surface area contributed by atoms with E-state index < -0.39 is 6.10 Å². The third-order valence-electron chi connectivity index (χ3n) is 4.75. The molecule has 3 heteroatoms. The van der Waals surface area contributed by atoms with E-state index in [0.717, 1.165) is 28.3 Å². The van der Waals surface area contributed by atoms with Gasteiger partial charge in [-0.05, 0) is 65.4 Å². The maximum absolute atomic E-state index is 10.4. The highest BCUT2D eigenvalue weighted by Gasteiger charge is 2.40. The molecule has 2 aliphatic rings. The van der Waals surface area contributed by atoms with Crippen LogP contribution in [0.25, 0.3) is 0 Å². The molecule has 1 nitrogen and oxygen atoms in total. The summed E-state index contributed by atoms with van der Waals surface area (Å²) in [4.78, 5) is 0. The summed E-state index contributed by atoms with van der Waals surface area (Å²) in [7, 11) is 0. The molecule has 1 aromatic carbocycles. The van der Waals surface area contributed by atoms with Gasteiger partial charge in [0, 0.05) is 10.0 Å². The van der Waals surface area contributed by atoms with E-state index in [0.29, 0.717) is 10.9 Å². The number of fused-ring (bicyclic) bond motifs is 2. The maximum Gasteiger partial charge on any atom is 0.0807 e. The second-order valence-corrected chi connectivity index (χ2v) is 7.06. The van der Waals surface area contributed by atoms with Crippen molar-refractivity contribution in [1.29, 1.82) is 0 Å². The van der Waals surface area contributed by atoms with Crippen molar-refractivity contribution in [2.75, 3.05) is 0 Å². The summed E-state index contributed by atoms with van der Waals surface area (Å²) >= 11 is 9.66. The molecule has 1 N–H and O–H groups in total. The molecule has 3 rings (SSSR count). The van der Waals surface area contributed by atoms with Gasteiger partial charge in [-0.2, -0.15) is 0 Å². The monoisotopic (exact) mass is 328 g/mol. The van der Waals surface area contributed by atoms with Crippen molar-refractivity contribution in [3.05, 3.63) is 33.3 Å². The molecule has 2 aliphatic carbocycles. The van der Waals surface area contributed by atoms with Crippen LogP contribution in [0.15, 0.2) is 22.7 Å². The van der Waals surface area contributed by atoms with Crippen molar-refractivity contribution in [3.8, 4) is 0 Å². The van der Waals surface area contributed by atoms with E-state index >= 15 is 0 Å². The molecule has 0 spiro atoms. The number of benzene rings is 1. The molecule has 2 saturated carbocycles. The summed E-state index contributed by atoms with van der Waals surface area (Å²) < 4.78 is 0.869. The number of aliphatic hydroxyl groups is 1. The van der Waals surface area contributed by atoms with Crippen LogP contribution < -0.4 is 0 Å². The van der Waals surface area contributed by atoms with Crippen LogP contribution in [0.3, 0.4) is 0 Å². The van der Waals surface area contributed by atoms with Crippen LogP contribution in [0, 0.1) is 17.8 Å². The zero-order valence-electron chi connectivity index (χ0n) is 10.3. The predicted octanol–water partition coefficient (Wildman–Crippen LogP) is 4.96. The molecule has 1 aromatic rings. The van der Waals surface area contributed by atoms with E-state index in [1.165, 1.54) is 25.7 Å². The summed E-state index contributed by atoms with van der Waals surface area (Å²) in [6.45, 7) is 0. The van der Waals surface area contributed by atoms with E-state index in [4.69, 9.17) is 11.6 Å². The average Bonchev–Trinajstić information content (AvgIpc) is 2.94. The van der Waals surface area contributed by atoms with E-state index in [-0.39, 0.29) is 0 Å². The Kier molecular flexibility index (Phi) is 3.70. The first-order valence-electron chi connectivity index (χ1n) is 6.77. The van der Waals surface area contributed by atoms with Crippen LogP contribution in [0.2, 0.25) is 5.02 Å². The second-order valence-electron chi connectivity index (χ2n) is 5.83. The summed E-state index contributed by atoms with van der Waals surface area (Å²) in [5.41, 5.74) is 0.869. The summed E-state index contributed by atoms with van der Waals surface area (Å²) in [6.07, 6.45) is 5.94. The number of rotatable bonds is 3. The Hall–Kier alpha value is -0.0500. The molecular formula is C15H18BrClO. The highest BCUT2D eigenvalue weighted by Crippen LogP contribution is 2.51. The Bertz CT molecular complexity index is 448. The lowest BCUT2D eigenvalue weighted by Crippen LogP contribution is -2.14. The average molecular weight is 330 g/mol. The molecule has 4 unspecified atom stereocenters. The van der Waals surface area contributed by atoms with Gasteiger partial charge in [0.25, 0.3) is 0 Å². The molecule has 0 aliphatic heterocycles. The minimum Gasteiger partial charge on any atom is -0.388 e. The van der Waals surface area contributed by atoms with Gasteiger partial charge in [-0.1, -0.05) is 30.2 Å². The molecule has 0 saturated heterocycles. The van der Waals surface area contributed by atoms with Gasteiger partial charge < -0.3 is 5.11 Å². The standard InChI is InChI=1S/C15H18BrClO/c16-13-3-1-2-12(15(13)17)14(18)8-11-7-9-4-5-10(11)6-9/h1-3,9-11,14,18H,4-8H2. The third kappa shape index (κ3) is 2.35. The number of hydrogen-bond donors (Lipinski definition) is 1. The summed E-state index contributed by atoms with van der Waals surface area (Å²) in [6, 6.07) is 5.79. The maximum atomic E-state index is 10.4. The Morgan fingerprint density at radius 3 is 2.83 bits per heavy atom. The number of aliphatic hydroxyl groups excluding tert-OH is 1. The van der Waals surface area contributed by atoms with Gasteiger partial charge in [0.05, 0.1) is 11.1 Å². The molecule has 2 bridgehead atoms. The number of hydrogen-bond acceptors (Lipinski definition) is 1. The van der Waals surface area contributed by atoms with Crippen molar-refractivity contribution in [3.63, 3.8) is 0 Å². The zero-order chi connectivity index (χ0) is 12.7.